The van der Waals surface area contributed by atoms with Crippen molar-refractivity contribution in [2.24, 2.45) is 39.0 Å². The molecule has 15 heteroatoms. The molecule has 0 N–H and O–H groups in total. The van der Waals surface area contributed by atoms with Crippen molar-refractivity contribution in [3.8, 4) is 0 Å². The molecular weight excluding hydrogens is 1280 g/mol. The summed E-state index contributed by atoms with van der Waals surface area (Å²) in [5.74, 6) is 0. The highest BCUT2D eigenvalue weighted by Crippen LogP contribution is 2.49. The van der Waals surface area contributed by atoms with E-state index in [-0.39, 0.29) is 11.0 Å². The maximum absolute atomic E-state index is 2.65. The summed E-state index contributed by atoms with van der Waals surface area (Å²) in [6, 6.07) is 61.4. The maximum Gasteiger partial charge on any atom is 0.399 e. The van der Waals surface area contributed by atoms with Gasteiger partial charge in [-0.2, -0.15) is 0 Å². The first-order valence-corrected chi connectivity index (χ1v) is 37.9. The van der Waals surface area contributed by atoms with Crippen LogP contribution >= 0.6 is 0 Å². The van der Waals surface area contributed by atoms with E-state index in [9.17, 15) is 0 Å². The molecule has 0 radical (unpaired) electrons. The van der Waals surface area contributed by atoms with Crippen LogP contribution < -0.4 is 65.3 Å². The van der Waals surface area contributed by atoms with Crippen molar-refractivity contribution in [2.45, 2.75) is 136 Å². The molecule has 10 heterocycles. The lowest BCUT2D eigenvalue weighted by Gasteiger charge is -2.49. The number of nitrogens with zero attached hydrogens (tertiary/aromatic N) is 10. The van der Waals surface area contributed by atoms with E-state index in [2.05, 4.69) is 447 Å². The standard InChI is InChI=1S/C22H35BN2.C18H22BN2.2C17H20BN2.C16H18BN2/c1-16-21(5,6)15-22(7,8)25(16)24-14-18(20(2,3)4)17-12-10-11-13-19(17)23(24)9;1-13-10-18(20(4)12-14(13)2)19-15(3)11-16-8-6-7-9-17(16)21(19)5;1-13-9-10-17(19(3)12-13)18-14(2)11-15-7-5-6-8-16(15)20(18)4;1-13-9-10-19(3)17(11-13)18-14(2)12-15-7-5-6-8-16(15)20(18)4;1-13-12-14-8-4-5-9-15(14)19(3)17(13)16-10-6-7-11-18(16)2/h10-14,16H,15H2,1-9H3;6-12H,1-5H3;2*5-12H,1-4H3;4-12H,1-3H3/q;4*+1. The first-order valence-electron chi connectivity index (χ1n) is 37.9. The molecule has 0 saturated carbocycles. The van der Waals surface area contributed by atoms with E-state index >= 15 is 0 Å². The molecule has 5 aromatic carbocycles. The monoisotopic (exact) mass is 1390 g/mol. The Morgan fingerprint density at radius 3 is 1.26 bits per heavy atom. The largest absolute Gasteiger partial charge is 0.404 e. The van der Waals surface area contributed by atoms with Crippen molar-refractivity contribution < 1.29 is 18.3 Å². The maximum atomic E-state index is 2.65. The summed E-state index contributed by atoms with van der Waals surface area (Å²) in [6.45, 7) is 40.4. The number of aromatic nitrogens is 4. The number of pyridine rings is 4. The Balaban J connectivity index is 0.000000132. The minimum absolute atomic E-state index is 0.122. The van der Waals surface area contributed by atoms with Crippen molar-refractivity contribution in [3.05, 3.63) is 273 Å². The normalized spacial score (nSPS) is 16.9. The highest BCUT2D eigenvalue weighted by molar-refractivity contribution is 6.84. The molecule has 9 aromatic rings. The molecule has 1 fully saturated rings. The highest BCUT2D eigenvalue weighted by atomic mass is 15.6. The second-order valence-corrected chi connectivity index (χ2v) is 33.2. The number of allylic oxidation sites excluding steroid dienone is 5. The summed E-state index contributed by atoms with van der Waals surface area (Å²) in [4.78, 5) is 12.0. The summed E-state index contributed by atoms with van der Waals surface area (Å²) in [6.07, 6.45) is 21.5. The van der Waals surface area contributed by atoms with Crippen molar-refractivity contribution in [1.29, 1.82) is 0 Å². The second-order valence-electron chi connectivity index (χ2n) is 33.2. The van der Waals surface area contributed by atoms with Gasteiger partial charge in [-0.25, -0.2) is 23.3 Å². The smallest absolute Gasteiger partial charge is 0.399 e. The molecule has 1 unspecified atom stereocenters. The summed E-state index contributed by atoms with van der Waals surface area (Å²) in [5, 5.41) is 2.65. The first-order chi connectivity index (χ1) is 49.7. The number of para-hydroxylation sites is 4. The number of anilines is 4. The number of aryl methyl sites for hydroxylation is 8. The molecule has 4 aromatic heterocycles. The van der Waals surface area contributed by atoms with Crippen molar-refractivity contribution >= 4 is 115 Å². The Bertz CT molecular complexity index is 4870. The molecule has 0 bridgehead atoms. The van der Waals surface area contributed by atoms with Gasteiger partial charge in [-0.05, 0) is 214 Å². The second kappa shape index (κ2) is 31.0. The molecule has 10 nitrogen and oxygen atoms in total. The third kappa shape index (κ3) is 15.8. The molecule has 0 aliphatic carbocycles. The van der Waals surface area contributed by atoms with Gasteiger partial charge in [0.2, 0.25) is 0 Å². The van der Waals surface area contributed by atoms with Gasteiger partial charge in [0.1, 0.15) is 28.2 Å². The van der Waals surface area contributed by atoms with Crippen LogP contribution in [-0.4, -0.2) is 83.9 Å². The van der Waals surface area contributed by atoms with E-state index in [1.807, 2.05) is 0 Å². The number of benzene rings is 5. The highest BCUT2D eigenvalue weighted by Gasteiger charge is 2.53. The molecule has 6 aliphatic heterocycles. The van der Waals surface area contributed by atoms with Gasteiger partial charge in [0.15, 0.2) is 47.2 Å². The number of hydrazine groups is 1. The molecule has 105 heavy (non-hydrogen) atoms. The van der Waals surface area contributed by atoms with Gasteiger partial charge in [-0.15, -0.1) is 0 Å². The molecule has 0 spiro atoms. The third-order valence-electron chi connectivity index (χ3n) is 23.2. The van der Waals surface area contributed by atoms with Crippen molar-refractivity contribution in [3.63, 3.8) is 0 Å². The van der Waals surface area contributed by atoms with Crippen molar-refractivity contribution in [2.75, 3.05) is 47.4 Å². The summed E-state index contributed by atoms with van der Waals surface area (Å²) in [7, 11) is 17.2. The van der Waals surface area contributed by atoms with Crippen LogP contribution in [0, 0.1) is 38.5 Å². The Morgan fingerprint density at radius 2 is 0.819 bits per heavy atom. The summed E-state index contributed by atoms with van der Waals surface area (Å²) < 4.78 is 8.92. The fourth-order valence-corrected chi connectivity index (χ4v) is 17.7. The number of rotatable bonds is 5. The van der Waals surface area contributed by atoms with Gasteiger partial charge in [0.05, 0.1) is 0 Å². The average Bonchev–Trinajstić information content (AvgIpc) is 1.61. The molecule has 1 saturated heterocycles. The molecular formula is C90H115B5N10+4. The zero-order chi connectivity index (χ0) is 75.9. The molecule has 1 atom stereocenters. The van der Waals surface area contributed by atoms with E-state index in [1.54, 1.807) is 0 Å². The van der Waals surface area contributed by atoms with Crippen molar-refractivity contribution in [1.82, 2.24) is 9.93 Å². The van der Waals surface area contributed by atoms with Gasteiger partial charge < -0.3 is 24.2 Å². The predicted molar refractivity (Wildman–Crippen MR) is 456 cm³/mol. The van der Waals surface area contributed by atoms with Crippen LogP contribution in [0.5, 0.6) is 0 Å². The minimum Gasteiger partial charge on any atom is -0.404 e. The molecule has 6 aliphatic rings. The van der Waals surface area contributed by atoms with Gasteiger partial charge >= 0.3 is 34.2 Å². The Labute approximate surface area is 634 Å². The summed E-state index contributed by atoms with van der Waals surface area (Å²) >= 11 is 0. The lowest BCUT2D eigenvalue weighted by molar-refractivity contribution is -0.654. The Hall–Kier alpha value is -9.32. The van der Waals surface area contributed by atoms with Gasteiger partial charge in [0.25, 0.3) is 0 Å². The average molecular weight is 1390 g/mol. The van der Waals surface area contributed by atoms with Crippen LogP contribution in [0.4, 0.5) is 22.7 Å². The SMILES string of the molecule is CB1c2ccccc2C(C(C)(C)C)=CN1N1C(C)C(C)(C)CC1(C)C.CC1=Cc2ccccc2N(C)B1c1cc(C)c(C)c[n+]1C.CC1=Cc2ccccc2N(C)B1c1cc(C)cc[n+]1C.CC1=Cc2ccccc2N(C)B1c1ccc(C)c[n+]1C.CC1=Cc2ccccc2N(C)B1c1cccc[n+]1C. The zero-order valence-electron chi connectivity index (χ0n) is 68.0. The lowest BCUT2D eigenvalue weighted by Crippen LogP contribution is -2.62. The van der Waals surface area contributed by atoms with E-state index < -0.39 is 0 Å². The Morgan fingerprint density at radius 1 is 0.419 bits per heavy atom. The molecule has 0 amide bonds. The van der Waals surface area contributed by atoms with E-state index in [1.165, 1.54) is 135 Å². The van der Waals surface area contributed by atoms with Crippen LogP contribution in [0.1, 0.15) is 140 Å². The first kappa shape index (κ1) is 76.8. The van der Waals surface area contributed by atoms with Crippen LogP contribution in [0.15, 0.2) is 223 Å². The minimum atomic E-state index is 0.122. The summed E-state index contributed by atoms with van der Waals surface area (Å²) in [5.41, 5.74) is 31.4. The van der Waals surface area contributed by atoms with Gasteiger partial charge in [0, 0.05) is 75.9 Å². The quantitative estimate of drug-likeness (QED) is 0.126. The van der Waals surface area contributed by atoms with Crippen LogP contribution in [0.2, 0.25) is 6.82 Å². The van der Waals surface area contributed by atoms with Gasteiger partial charge in [-0.3, -0.25) is 0 Å². The van der Waals surface area contributed by atoms with Crippen LogP contribution in [0.25, 0.3) is 29.9 Å². The topological polar surface area (TPSA) is 35.0 Å². The van der Waals surface area contributed by atoms with E-state index in [4.69, 9.17) is 0 Å². The van der Waals surface area contributed by atoms with Crippen LogP contribution in [-0.2, 0) is 28.2 Å². The third-order valence-corrected chi connectivity index (χ3v) is 23.2. The molecule has 15 rings (SSSR count). The predicted octanol–water partition coefficient (Wildman–Crippen LogP) is 13.5. The van der Waals surface area contributed by atoms with Crippen LogP contribution in [0.3, 0.4) is 0 Å². The van der Waals surface area contributed by atoms with E-state index in [0.717, 1.165) is 0 Å². The lowest BCUT2D eigenvalue weighted by atomic mass is 9.49. The fraction of sp³-hybridized carbons (Fsp3) is 0.333. The zero-order valence-corrected chi connectivity index (χ0v) is 68.0. The number of hydrogen-bond donors (Lipinski definition) is 0. The molecule has 536 valence electrons. The number of fused-ring (bicyclic) bond motifs is 5. The van der Waals surface area contributed by atoms with E-state index in [0.29, 0.717) is 45.7 Å². The number of hydrogen-bond acceptors (Lipinski definition) is 6. The van der Waals surface area contributed by atoms with Gasteiger partial charge in [-0.1, -0.05) is 191 Å². The Kier molecular flexibility index (Phi) is 22.7. The fourth-order valence-electron chi connectivity index (χ4n) is 17.7.